The number of fused-ring (bicyclic) bond motifs is 1. The van der Waals surface area contributed by atoms with E-state index in [2.05, 4.69) is 32.4 Å². The Morgan fingerprint density at radius 2 is 2.21 bits per heavy atom. The van der Waals surface area contributed by atoms with E-state index in [-0.39, 0.29) is 6.04 Å². The highest BCUT2D eigenvalue weighted by Gasteiger charge is 2.35. The Bertz CT molecular complexity index is 740. The molecule has 1 aromatic heterocycles. The lowest BCUT2D eigenvalue weighted by Crippen LogP contribution is -2.36. The Hall–Kier alpha value is -1.96. The second kappa shape index (κ2) is 5.84. The van der Waals surface area contributed by atoms with Gasteiger partial charge in [-0.25, -0.2) is 5.43 Å². The van der Waals surface area contributed by atoms with Crippen molar-refractivity contribution in [3.63, 3.8) is 0 Å². The van der Waals surface area contributed by atoms with Gasteiger partial charge < -0.3 is 14.6 Å². The first-order valence-electron chi connectivity index (χ1n) is 8.68. The van der Waals surface area contributed by atoms with Gasteiger partial charge in [-0.05, 0) is 55.6 Å². The first-order chi connectivity index (χ1) is 11.9. The van der Waals surface area contributed by atoms with Gasteiger partial charge in [0, 0.05) is 18.0 Å². The maximum Gasteiger partial charge on any atom is 0.245 e. The molecule has 2 saturated heterocycles. The van der Waals surface area contributed by atoms with E-state index in [0.717, 1.165) is 43.9 Å². The summed E-state index contributed by atoms with van der Waals surface area (Å²) in [6.07, 6.45) is 3.14. The van der Waals surface area contributed by atoms with E-state index in [1.54, 1.807) is 0 Å². The summed E-state index contributed by atoms with van der Waals surface area (Å²) in [6.45, 7) is 2.95. The summed E-state index contributed by atoms with van der Waals surface area (Å²) >= 11 is 0. The third-order valence-corrected chi connectivity index (χ3v) is 5.29. The molecule has 3 atom stereocenters. The van der Waals surface area contributed by atoms with Gasteiger partial charge in [-0.2, -0.15) is 4.98 Å². The molecule has 0 radical (unpaired) electrons. The van der Waals surface area contributed by atoms with E-state index in [9.17, 15) is 0 Å². The molecule has 0 aliphatic carbocycles. The van der Waals surface area contributed by atoms with Crippen LogP contribution in [0.25, 0.3) is 11.4 Å². The largest absolute Gasteiger partial charge is 0.493 e. The van der Waals surface area contributed by atoms with E-state index in [0.29, 0.717) is 23.7 Å². The number of nitrogens with zero attached hydrogens (tertiary/aromatic N) is 2. The molecule has 2 fully saturated rings. The minimum atomic E-state index is 0.0783. The Morgan fingerprint density at radius 1 is 1.21 bits per heavy atom. The van der Waals surface area contributed by atoms with Crippen molar-refractivity contribution >= 4 is 0 Å². The summed E-state index contributed by atoms with van der Waals surface area (Å²) in [5.41, 5.74) is 8.91. The van der Waals surface area contributed by atoms with E-state index >= 15 is 0 Å². The zero-order valence-corrected chi connectivity index (χ0v) is 13.4. The molecule has 3 aliphatic rings. The van der Waals surface area contributed by atoms with Crippen LogP contribution in [0.4, 0.5) is 0 Å². The number of aromatic nitrogens is 2. The van der Waals surface area contributed by atoms with E-state index in [1.807, 2.05) is 12.1 Å². The van der Waals surface area contributed by atoms with Crippen molar-refractivity contribution in [2.75, 3.05) is 19.7 Å². The number of rotatable bonds is 3. The summed E-state index contributed by atoms with van der Waals surface area (Å²) in [5.74, 6) is 2.94. The van der Waals surface area contributed by atoms with Crippen molar-refractivity contribution in [3.8, 4) is 17.1 Å². The standard InChI is InChI=1S/C17H21N5O2/c1-2-15-10(4-6-23-15)7-11(1)16-19-17(24-22-16)14-8-13(20-21-14)12-3-5-18-9-12/h1-2,7,12-14,18,20-21H,3-6,8-9H2. The molecule has 0 bridgehead atoms. The highest BCUT2D eigenvalue weighted by Crippen LogP contribution is 2.31. The van der Waals surface area contributed by atoms with Crippen molar-refractivity contribution in [3.05, 3.63) is 29.7 Å². The van der Waals surface area contributed by atoms with Gasteiger partial charge in [-0.3, -0.25) is 5.43 Å². The average Bonchev–Trinajstić information content (AvgIpc) is 3.41. The normalized spacial score (nSPS) is 28.9. The van der Waals surface area contributed by atoms with Crippen LogP contribution in [-0.4, -0.2) is 35.9 Å². The predicted molar refractivity (Wildman–Crippen MR) is 87.3 cm³/mol. The third kappa shape index (κ3) is 2.49. The fourth-order valence-corrected chi connectivity index (χ4v) is 3.89. The lowest BCUT2D eigenvalue weighted by Gasteiger charge is -2.15. The molecule has 0 amide bonds. The van der Waals surface area contributed by atoms with Gasteiger partial charge >= 0.3 is 0 Å². The molecule has 2 aromatic rings. The van der Waals surface area contributed by atoms with Crippen LogP contribution < -0.4 is 20.9 Å². The van der Waals surface area contributed by atoms with Crippen molar-refractivity contribution in [1.29, 1.82) is 0 Å². The van der Waals surface area contributed by atoms with Gasteiger partial charge in [-0.1, -0.05) is 5.16 Å². The van der Waals surface area contributed by atoms with Gasteiger partial charge in [0.15, 0.2) is 0 Å². The Labute approximate surface area is 140 Å². The van der Waals surface area contributed by atoms with Gasteiger partial charge in [0.25, 0.3) is 0 Å². The minimum absolute atomic E-state index is 0.0783. The Balaban J connectivity index is 1.32. The van der Waals surface area contributed by atoms with Crippen LogP contribution >= 0.6 is 0 Å². The monoisotopic (exact) mass is 327 g/mol. The van der Waals surface area contributed by atoms with Gasteiger partial charge in [0.2, 0.25) is 11.7 Å². The molecule has 7 heteroatoms. The van der Waals surface area contributed by atoms with Gasteiger partial charge in [0.05, 0.1) is 6.61 Å². The maximum atomic E-state index is 5.55. The molecule has 24 heavy (non-hydrogen) atoms. The zero-order chi connectivity index (χ0) is 15.9. The number of hydrogen-bond donors (Lipinski definition) is 3. The van der Waals surface area contributed by atoms with Crippen LogP contribution in [0.15, 0.2) is 22.7 Å². The van der Waals surface area contributed by atoms with Crippen molar-refractivity contribution < 1.29 is 9.26 Å². The number of hydrogen-bond acceptors (Lipinski definition) is 7. The fourth-order valence-electron chi connectivity index (χ4n) is 3.89. The van der Waals surface area contributed by atoms with Crippen molar-refractivity contribution in [2.24, 2.45) is 5.92 Å². The molecule has 4 heterocycles. The predicted octanol–water partition coefficient (Wildman–Crippen LogP) is 1.19. The molecule has 5 rings (SSSR count). The highest BCUT2D eigenvalue weighted by atomic mass is 16.5. The van der Waals surface area contributed by atoms with E-state index < -0.39 is 0 Å². The third-order valence-electron chi connectivity index (χ3n) is 5.29. The fraction of sp³-hybridized carbons (Fsp3) is 0.529. The summed E-state index contributed by atoms with van der Waals surface area (Å²) in [7, 11) is 0. The molecular formula is C17H21N5O2. The topological polar surface area (TPSA) is 84.2 Å². The average molecular weight is 327 g/mol. The van der Waals surface area contributed by atoms with Crippen LogP contribution in [-0.2, 0) is 6.42 Å². The maximum absolute atomic E-state index is 5.55. The molecule has 3 aliphatic heterocycles. The molecule has 1 aromatic carbocycles. The van der Waals surface area contributed by atoms with E-state index in [4.69, 9.17) is 9.26 Å². The number of nitrogens with one attached hydrogen (secondary N) is 3. The molecule has 126 valence electrons. The molecular weight excluding hydrogens is 306 g/mol. The number of ether oxygens (including phenoxy) is 1. The summed E-state index contributed by atoms with van der Waals surface area (Å²) in [6, 6.07) is 6.62. The Morgan fingerprint density at radius 3 is 3.12 bits per heavy atom. The second-order valence-electron chi connectivity index (χ2n) is 6.81. The highest BCUT2D eigenvalue weighted by molar-refractivity contribution is 5.59. The summed E-state index contributed by atoms with van der Waals surface area (Å²) < 4.78 is 11.1. The van der Waals surface area contributed by atoms with Crippen LogP contribution in [0.2, 0.25) is 0 Å². The van der Waals surface area contributed by atoms with Gasteiger partial charge in [0.1, 0.15) is 11.8 Å². The van der Waals surface area contributed by atoms with Crippen molar-refractivity contribution in [2.45, 2.75) is 31.3 Å². The van der Waals surface area contributed by atoms with Crippen LogP contribution in [0, 0.1) is 5.92 Å². The molecule has 3 N–H and O–H groups in total. The molecule has 0 spiro atoms. The lowest BCUT2D eigenvalue weighted by atomic mass is 9.95. The summed E-state index contributed by atoms with van der Waals surface area (Å²) in [4.78, 5) is 4.61. The zero-order valence-electron chi connectivity index (χ0n) is 13.4. The smallest absolute Gasteiger partial charge is 0.245 e. The lowest BCUT2D eigenvalue weighted by molar-refractivity contribution is 0.339. The minimum Gasteiger partial charge on any atom is -0.493 e. The summed E-state index contributed by atoms with van der Waals surface area (Å²) in [5, 5.41) is 7.59. The SMILES string of the molecule is c1cc2c(cc1-c1noc(C3CC(C4CCNC4)NN3)n1)CCO2. The molecule has 7 nitrogen and oxygen atoms in total. The second-order valence-corrected chi connectivity index (χ2v) is 6.81. The van der Waals surface area contributed by atoms with E-state index in [1.165, 1.54) is 12.0 Å². The first-order valence-corrected chi connectivity index (χ1v) is 8.68. The van der Waals surface area contributed by atoms with Gasteiger partial charge in [-0.15, -0.1) is 0 Å². The van der Waals surface area contributed by atoms with Crippen LogP contribution in [0.5, 0.6) is 5.75 Å². The Kier molecular flexibility index (Phi) is 3.50. The number of hydrazine groups is 1. The molecule has 3 unspecified atom stereocenters. The quantitative estimate of drug-likeness (QED) is 0.781. The molecule has 0 saturated carbocycles. The number of benzene rings is 1. The van der Waals surface area contributed by atoms with Crippen LogP contribution in [0.1, 0.15) is 30.3 Å². The van der Waals surface area contributed by atoms with Crippen molar-refractivity contribution in [1.82, 2.24) is 26.3 Å². The van der Waals surface area contributed by atoms with Crippen LogP contribution in [0.3, 0.4) is 0 Å². The first kappa shape index (κ1) is 14.4.